The second kappa shape index (κ2) is 8.97. The van der Waals surface area contributed by atoms with E-state index in [2.05, 4.69) is 32.2 Å². The Hall–Kier alpha value is -4.07. The third-order valence-corrected chi connectivity index (χ3v) is 4.59. The molecule has 0 saturated carbocycles. The van der Waals surface area contributed by atoms with Gasteiger partial charge < -0.3 is 10.1 Å². The van der Waals surface area contributed by atoms with E-state index >= 15 is 0 Å². The van der Waals surface area contributed by atoms with Crippen LogP contribution in [0.1, 0.15) is 36.3 Å². The summed E-state index contributed by atoms with van der Waals surface area (Å²) in [6.07, 6.45) is 3.83. The van der Waals surface area contributed by atoms with Crippen molar-refractivity contribution in [3.05, 3.63) is 65.6 Å². The number of fused-ring (bicyclic) bond motifs is 1. The second-order valence-electron chi connectivity index (χ2n) is 6.84. The highest BCUT2D eigenvalue weighted by molar-refractivity contribution is 5.94. The van der Waals surface area contributed by atoms with E-state index in [4.69, 9.17) is 4.74 Å². The van der Waals surface area contributed by atoms with E-state index in [1.807, 2.05) is 0 Å². The number of carbonyl (C=O) groups is 1. The van der Waals surface area contributed by atoms with Gasteiger partial charge in [-0.3, -0.25) is 4.90 Å². The van der Waals surface area contributed by atoms with Gasteiger partial charge in [-0.1, -0.05) is 17.9 Å². The summed E-state index contributed by atoms with van der Waals surface area (Å²) in [5.41, 5.74) is 1.55. The van der Waals surface area contributed by atoms with Crippen molar-refractivity contribution >= 4 is 11.7 Å². The molecule has 0 aromatic carbocycles. The molecule has 0 radical (unpaired) electrons. The van der Waals surface area contributed by atoms with E-state index in [1.165, 1.54) is 29.4 Å². The van der Waals surface area contributed by atoms with Crippen LogP contribution < -0.4 is 15.0 Å². The van der Waals surface area contributed by atoms with Crippen LogP contribution in [0.3, 0.4) is 0 Å². The lowest BCUT2D eigenvalue weighted by Gasteiger charge is -2.29. The van der Waals surface area contributed by atoms with Gasteiger partial charge in [-0.15, -0.1) is 0 Å². The quantitative estimate of drug-likeness (QED) is 0.497. The maximum Gasteiger partial charge on any atom is 0.333 e. The molecule has 32 heavy (non-hydrogen) atoms. The van der Waals surface area contributed by atoms with Crippen molar-refractivity contribution in [3.8, 4) is 17.7 Å². The number of pyridine rings is 2. The van der Waals surface area contributed by atoms with Crippen LogP contribution in [0.4, 0.5) is 23.7 Å². The first-order valence-corrected chi connectivity index (χ1v) is 9.58. The number of halogens is 3. The smallest absolute Gasteiger partial charge is 0.333 e. The number of urea groups is 1. The van der Waals surface area contributed by atoms with E-state index < -0.39 is 24.6 Å². The molecule has 0 unspecified atom stereocenters. The third-order valence-electron chi connectivity index (χ3n) is 4.59. The predicted molar refractivity (Wildman–Crippen MR) is 108 cm³/mol. The average molecular weight is 442 g/mol. The molecule has 0 saturated heterocycles. The SMILES string of the molecule is C[C@H](NC(=O)N1CCOc2ncc(C#Cc3cnn(C(F)F)c3)cc21)c1cccc(F)n1. The van der Waals surface area contributed by atoms with Crippen molar-refractivity contribution in [2.45, 2.75) is 19.5 Å². The summed E-state index contributed by atoms with van der Waals surface area (Å²) in [6.45, 7) is -0.536. The Kier molecular flexibility index (Phi) is 5.93. The zero-order valence-corrected chi connectivity index (χ0v) is 16.8. The van der Waals surface area contributed by atoms with Crippen LogP contribution in [0.25, 0.3) is 0 Å². The van der Waals surface area contributed by atoms with E-state index in [1.54, 1.807) is 19.1 Å². The highest BCUT2D eigenvalue weighted by Crippen LogP contribution is 2.30. The number of hydrogen-bond acceptors (Lipinski definition) is 5. The van der Waals surface area contributed by atoms with E-state index in [-0.39, 0.29) is 19.0 Å². The van der Waals surface area contributed by atoms with Crippen LogP contribution in [-0.4, -0.2) is 38.9 Å². The molecule has 4 rings (SSSR count). The topological polar surface area (TPSA) is 85.2 Å². The molecule has 1 atom stereocenters. The van der Waals surface area contributed by atoms with E-state index in [9.17, 15) is 18.0 Å². The summed E-state index contributed by atoms with van der Waals surface area (Å²) in [4.78, 5) is 22.3. The fourth-order valence-electron chi connectivity index (χ4n) is 3.03. The Morgan fingerprint density at radius 3 is 2.81 bits per heavy atom. The first-order chi connectivity index (χ1) is 15.4. The summed E-state index contributed by atoms with van der Waals surface area (Å²) >= 11 is 0. The van der Waals surface area contributed by atoms with Gasteiger partial charge in [-0.2, -0.15) is 18.3 Å². The summed E-state index contributed by atoms with van der Waals surface area (Å²) < 4.78 is 44.7. The molecule has 0 spiro atoms. The Bertz CT molecular complexity index is 1200. The van der Waals surface area contributed by atoms with Gasteiger partial charge in [0.25, 0.3) is 0 Å². The van der Waals surface area contributed by atoms with Crippen LogP contribution in [0.2, 0.25) is 0 Å². The molecule has 11 heteroatoms. The van der Waals surface area contributed by atoms with Crippen molar-refractivity contribution in [3.63, 3.8) is 0 Å². The Morgan fingerprint density at radius 1 is 1.25 bits per heavy atom. The molecule has 4 heterocycles. The maximum absolute atomic E-state index is 13.4. The zero-order valence-electron chi connectivity index (χ0n) is 16.8. The fraction of sp³-hybridized carbons (Fsp3) is 0.238. The maximum atomic E-state index is 13.4. The highest BCUT2D eigenvalue weighted by atomic mass is 19.3. The van der Waals surface area contributed by atoms with Crippen LogP contribution in [-0.2, 0) is 0 Å². The number of carbonyl (C=O) groups excluding carboxylic acids is 1. The molecule has 0 bridgehead atoms. The molecular formula is C21H17F3N6O2. The Balaban J connectivity index is 1.53. The van der Waals surface area contributed by atoms with Gasteiger partial charge in [0.2, 0.25) is 11.8 Å². The Labute approximate surface area is 181 Å². The molecule has 3 aromatic heterocycles. The van der Waals surface area contributed by atoms with Gasteiger partial charge in [0.05, 0.1) is 30.0 Å². The minimum atomic E-state index is -2.75. The van der Waals surface area contributed by atoms with Crippen LogP contribution in [0.5, 0.6) is 5.88 Å². The number of nitrogens with one attached hydrogen (secondary N) is 1. The van der Waals surface area contributed by atoms with Gasteiger partial charge in [-0.05, 0) is 25.1 Å². The highest BCUT2D eigenvalue weighted by Gasteiger charge is 2.26. The van der Waals surface area contributed by atoms with Crippen molar-refractivity contribution in [2.24, 2.45) is 0 Å². The number of alkyl halides is 2. The number of nitrogens with zero attached hydrogens (tertiary/aromatic N) is 5. The van der Waals surface area contributed by atoms with Crippen molar-refractivity contribution < 1.29 is 22.7 Å². The van der Waals surface area contributed by atoms with Crippen molar-refractivity contribution in [1.29, 1.82) is 0 Å². The number of ether oxygens (including phenoxy) is 1. The molecule has 2 amide bonds. The number of rotatable bonds is 3. The third kappa shape index (κ3) is 4.64. The minimum Gasteiger partial charge on any atom is -0.474 e. The molecule has 8 nitrogen and oxygen atoms in total. The largest absolute Gasteiger partial charge is 0.474 e. The predicted octanol–water partition coefficient (Wildman–Crippen LogP) is 3.28. The number of amides is 2. The van der Waals surface area contributed by atoms with Gasteiger partial charge in [0.15, 0.2) is 0 Å². The lowest BCUT2D eigenvalue weighted by atomic mass is 10.2. The van der Waals surface area contributed by atoms with Crippen molar-refractivity contribution in [2.75, 3.05) is 18.1 Å². The standard InChI is InChI=1S/C21H17F3N6O2/c1-13(16-3-2-4-18(22)28-16)27-21(31)29-7-8-32-19-17(29)9-14(10-25-19)5-6-15-11-26-30(12-15)20(23)24/h2-4,9-13,20H,7-8H2,1H3,(H,27,31)/t13-/m0/s1. The summed E-state index contributed by atoms with van der Waals surface area (Å²) in [5, 5.41) is 6.31. The van der Waals surface area contributed by atoms with Gasteiger partial charge in [-0.25, -0.2) is 19.4 Å². The lowest BCUT2D eigenvalue weighted by molar-refractivity contribution is 0.0566. The number of anilines is 1. The average Bonchev–Trinajstić information content (AvgIpc) is 3.26. The first-order valence-electron chi connectivity index (χ1n) is 9.58. The molecule has 0 aliphatic carbocycles. The molecule has 1 aliphatic heterocycles. The summed E-state index contributed by atoms with van der Waals surface area (Å²) in [5.74, 6) is 5.19. The van der Waals surface area contributed by atoms with E-state index in [0.29, 0.717) is 27.2 Å². The van der Waals surface area contributed by atoms with Gasteiger partial charge in [0, 0.05) is 18.0 Å². The molecule has 1 N–H and O–H groups in total. The van der Waals surface area contributed by atoms with Crippen LogP contribution in [0.15, 0.2) is 42.9 Å². The van der Waals surface area contributed by atoms with E-state index in [0.717, 1.165) is 6.20 Å². The van der Waals surface area contributed by atoms with Crippen LogP contribution >= 0.6 is 0 Å². The number of hydrogen-bond donors (Lipinski definition) is 1. The summed E-state index contributed by atoms with van der Waals surface area (Å²) in [6, 6.07) is 5.02. The monoisotopic (exact) mass is 442 g/mol. The summed E-state index contributed by atoms with van der Waals surface area (Å²) in [7, 11) is 0. The van der Waals surface area contributed by atoms with Gasteiger partial charge >= 0.3 is 12.6 Å². The first kappa shape index (κ1) is 21.2. The molecule has 0 fully saturated rings. The molecule has 3 aromatic rings. The fourth-order valence-corrected chi connectivity index (χ4v) is 3.03. The van der Waals surface area contributed by atoms with Crippen LogP contribution in [0, 0.1) is 17.8 Å². The zero-order chi connectivity index (χ0) is 22.7. The second-order valence-corrected chi connectivity index (χ2v) is 6.84. The Morgan fingerprint density at radius 2 is 2.06 bits per heavy atom. The lowest BCUT2D eigenvalue weighted by Crippen LogP contribution is -2.45. The minimum absolute atomic E-state index is 0.248. The van der Waals surface area contributed by atoms with Gasteiger partial charge in [0.1, 0.15) is 12.3 Å². The number of aromatic nitrogens is 4. The molecule has 164 valence electrons. The van der Waals surface area contributed by atoms with Crippen molar-refractivity contribution in [1.82, 2.24) is 25.1 Å². The normalized spacial score (nSPS) is 13.6. The molecule has 1 aliphatic rings. The molecular weight excluding hydrogens is 425 g/mol.